The molecule has 0 unspecified atom stereocenters. The molecule has 2 heterocycles. The number of benzene rings is 3. The van der Waals surface area contributed by atoms with Crippen molar-refractivity contribution in [1.82, 2.24) is 0 Å². The molecule has 0 bridgehead atoms. The average molecular weight is 341 g/mol. The van der Waals surface area contributed by atoms with Gasteiger partial charge < -0.3 is 9.64 Å². The summed E-state index contributed by atoms with van der Waals surface area (Å²) in [6.07, 6.45) is 1.08. The predicted octanol–water partition coefficient (Wildman–Crippen LogP) is 5.66. The van der Waals surface area contributed by atoms with E-state index >= 15 is 0 Å². The summed E-state index contributed by atoms with van der Waals surface area (Å²) >= 11 is 0. The highest BCUT2D eigenvalue weighted by atomic mass is 16.5. The molecule has 0 aromatic heterocycles. The van der Waals surface area contributed by atoms with E-state index in [9.17, 15) is 0 Å². The minimum atomic E-state index is 0.397. The number of hydrogen-bond acceptors (Lipinski definition) is 2. The van der Waals surface area contributed by atoms with Crippen molar-refractivity contribution in [1.29, 1.82) is 0 Å². The van der Waals surface area contributed by atoms with Gasteiger partial charge in [0.05, 0.1) is 7.11 Å². The molecule has 2 heteroatoms. The summed E-state index contributed by atoms with van der Waals surface area (Å²) < 4.78 is 5.74. The van der Waals surface area contributed by atoms with Gasteiger partial charge in [0.15, 0.2) is 0 Å². The van der Waals surface area contributed by atoms with E-state index in [1.807, 2.05) is 0 Å². The molecule has 2 aliphatic rings. The smallest absolute Gasteiger partial charge is 0.122 e. The number of nitrogens with zero attached hydrogens (tertiary/aromatic N) is 1. The Morgan fingerprint density at radius 2 is 1.46 bits per heavy atom. The van der Waals surface area contributed by atoms with Crippen molar-refractivity contribution >= 4 is 11.4 Å². The highest BCUT2D eigenvalue weighted by molar-refractivity contribution is 5.76. The van der Waals surface area contributed by atoms with Gasteiger partial charge in [0.2, 0.25) is 0 Å². The lowest BCUT2D eigenvalue weighted by Crippen LogP contribution is -2.40. The van der Waals surface area contributed by atoms with Gasteiger partial charge in [-0.05, 0) is 47.2 Å². The Hall–Kier alpha value is -2.74. The molecule has 3 aromatic rings. The highest BCUT2D eigenvalue weighted by Crippen LogP contribution is 2.55. The Bertz CT molecular complexity index is 964. The number of rotatable bonds is 2. The van der Waals surface area contributed by atoms with E-state index in [4.69, 9.17) is 4.74 Å². The number of anilines is 2. The molecule has 0 fully saturated rings. The molecule has 0 radical (unpaired) electrons. The van der Waals surface area contributed by atoms with E-state index in [1.165, 1.54) is 28.1 Å². The zero-order valence-electron chi connectivity index (χ0n) is 15.2. The fourth-order valence-electron chi connectivity index (χ4n) is 5.05. The van der Waals surface area contributed by atoms with E-state index in [2.05, 4.69) is 84.6 Å². The first-order valence-electron chi connectivity index (χ1n) is 9.38. The second-order valence-corrected chi connectivity index (χ2v) is 7.39. The maximum Gasteiger partial charge on any atom is 0.122 e. The molecule has 0 N–H and O–H groups in total. The summed E-state index contributed by atoms with van der Waals surface area (Å²) in [7, 11) is 1.78. The standard InChI is InChI=1S/C24H23NO/c1-16-18-10-4-7-13-21(18)25-20-12-6-3-9-17(20)15-22(25)24(16)19-11-5-8-14-23(19)26-2/h3-14,16,22,24H,15H2,1-2H3/t16-,22+,24+/m0/s1. The third-order valence-electron chi connectivity index (χ3n) is 6.15. The van der Waals surface area contributed by atoms with Crippen molar-refractivity contribution in [2.45, 2.75) is 31.2 Å². The van der Waals surface area contributed by atoms with Crippen molar-refractivity contribution in [2.75, 3.05) is 12.0 Å². The normalized spacial score (nSPS) is 23.2. The molecular formula is C24H23NO. The predicted molar refractivity (Wildman–Crippen MR) is 107 cm³/mol. The van der Waals surface area contributed by atoms with Gasteiger partial charge in [-0.15, -0.1) is 0 Å². The first kappa shape index (κ1) is 15.5. The van der Waals surface area contributed by atoms with Crippen molar-refractivity contribution in [3.05, 3.63) is 89.5 Å². The summed E-state index contributed by atoms with van der Waals surface area (Å²) in [6, 6.07) is 26.7. The highest BCUT2D eigenvalue weighted by Gasteiger charge is 2.45. The minimum Gasteiger partial charge on any atom is -0.496 e. The molecule has 2 nitrogen and oxygen atoms in total. The van der Waals surface area contributed by atoms with Crippen LogP contribution in [-0.2, 0) is 6.42 Å². The van der Waals surface area contributed by atoms with Crippen LogP contribution in [0.5, 0.6) is 5.75 Å². The van der Waals surface area contributed by atoms with E-state index in [0.29, 0.717) is 17.9 Å². The summed E-state index contributed by atoms with van der Waals surface area (Å²) in [5.74, 6) is 1.84. The van der Waals surface area contributed by atoms with Gasteiger partial charge in [-0.1, -0.05) is 61.5 Å². The first-order valence-corrected chi connectivity index (χ1v) is 9.38. The van der Waals surface area contributed by atoms with Gasteiger partial charge >= 0.3 is 0 Å². The van der Waals surface area contributed by atoms with Crippen LogP contribution in [0.4, 0.5) is 11.4 Å². The van der Waals surface area contributed by atoms with Gasteiger partial charge in [-0.25, -0.2) is 0 Å². The van der Waals surface area contributed by atoms with Gasteiger partial charge in [0.1, 0.15) is 5.75 Å². The van der Waals surface area contributed by atoms with E-state index in [-0.39, 0.29) is 0 Å². The van der Waals surface area contributed by atoms with Crippen LogP contribution in [0.25, 0.3) is 0 Å². The van der Waals surface area contributed by atoms with Gasteiger partial charge in [0, 0.05) is 23.3 Å². The van der Waals surface area contributed by atoms with E-state index < -0.39 is 0 Å². The van der Waals surface area contributed by atoms with Gasteiger partial charge in [-0.3, -0.25) is 0 Å². The fourth-order valence-corrected chi connectivity index (χ4v) is 5.05. The van der Waals surface area contributed by atoms with Crippen LogP contribution in [-0.4, -0.2) is 13.2 Å². The Morgan fingerprint density at radius 1 is 0.808 bits per heavy atom. The maximum absolute atomic E-state index is 5.74. The molecule has 0 amide bonds. The largest absolute Gasteiger partial charge is 0.496 e. The topological polar surface area (TPSA) is 12.5 Å². The van der Waals surface area contributed by atoms with Crippen LogP contribution in [0.1, 0.15) is 35.4 Å². The summed E-state index contributed by atoms with van der Waals surface area (Å²) in [5.41, 5.74) is 6.91. The van der Waals surface area contributed by atoms with Crippen molar-refractivity contribution in [2.24, 2.45) is 0 Å². The maximum atomic E-state index is 5.74. The zero-order chi connectivity index (χ0) is 17.7. The molecule has 0 spiro atoms. The number of methoxy groups -OCH3 is 1. The molecule has 2 aliphatic heterocycles. The Kier molecular flexibility index (Phi) is 3.53. The van der Waals surface area contributed by atoms with Crippen LogP contribution in [0.3, 0.4) is 0 Å². The van der Waals surface area contributed by atoms with Crippen LogP contribution < -0.4 is 9.64 Å². The second-order valence-electron chi connectivity index (χ2n) is 7.39. The number of para-hydroxylation sites is 3. The molecule has 3 atom stereocenters. The molecule has 130 valence electrons. The SMILES string of the molecule is COc1ccccc1[C@@H]1[C@H]2Cc3ccccc3N2c2ccccc2[C@@H]1C. The molecule has 0 aliphatic carbocycles. The monoisotopic (exact) mass is 341 g/mol. The van der Waals surface area contributed by atoms with Crippen LogP contribution >= 0.6 is 0 Å². The van der Waals surface area contributed by atoms with E-state index in [0.717, 1.165) is 12.2 Å². The lowest BCUT2D eigenvalue weighted by molar-refractivity contribution is 0.386. The van der Waals surface area contributed by atoms with E-state index in [1.54, 1.807) is 7.11 Å². The molecule has 5 rings (SSSR count). The second kappa shape index (κ2) is 5.91. The molecule has 3 aromatic carbocycles. The van der Waals surface area contributed by atoms with Gasteiger partial charge in [0.25, 0.3) is 0 Å². The average Bonchev–Trinajstić information content (AvgIpc) is 3.08. The van der Waals surface area contributed by atoms with Gasteiger partial charge in [-0.2, -0.15) is 0 Å². The van der Waals surface area contributed by atoms with Crippen LogP contribution in [0, 0.1) is 0 Å². The minimum absolute atomic E-state index is 0.397. The van der Waals surface area contributed by atoms with Crippen molar-refractivity contribution in [3.8, 4) is 5.75 Å². The van der Waals surface area contributed by atoms with Crippen molar-refractivity contribution < 1.29 is 4.74 Å². The van der Waals surface area contributed by atoms with Crippen LogP contribution in [0.2, 0.25) is 0 Å². The molecular weight excluding hydrogens is 318 g/mol. The Balaban J connectivity index is 1.74. The summed E-state index contributed by atoms with van der Waals surface area (Å²) in [4.78, 5) is 2.57. The molecule has 26 heavy (non-hydrogen) atoms. The lowest BCUT2D eigenvalue weighted by Gasteiger charge is -2.44. The first-order chi connectivity index (χ1) is 12.8. The third kappa shape index (κ3) is 2.11. The lowest BCUT2D eigenvalue weighted by atomic mass is 9.73. The zero-order valence-corrected chi connectivity index (χ0v) is 15.2. The van der Waals surface area contributed by atoms with Crippen LogP contribution in [0.15, 0.2) is 72.8 Å². The van der Waals surface area contributed by atoms with Crippen molar-refractivity contribution in [3.63, 3.8) is 0 Å². The third-order valence-corrected chi connectivity index (χ3v) is 6.15. The number of fused-ring (bicyclic) bond motifs is 5. The Labute approximate surface area is 155 Å². The quantitative estimate of drug-likeness (QED) is 0.596. The number of hydrogen-bond donors (Lipinski definition) is 0. The summed E-state index contributed by atoms with van der Waals surface area (Å²) in [5, 5.41) is 0. The molecule has 0 saturated heterocycles. The fraction of sp³-hybridized carbons (Fsp3) is 0.250. The number of ether oxygens (including phenoxy) is 1. The Morgan fingerprint density at radius 3 is 2.27 bits per heavy atom. The molecule has 0 saturated carbocycles. The summed E-state index contributed by atoms with van der Waals surface area (Å²) in [6.45, 7) is 2.37.